The largest absolute Gasteiger partial charge is 0.399 e. The van der Waals surface area contributed by atoms with Crippen LogP contribution in [0.4, 0.5) is 11.5 Å². The highest BCUT2D eigenvalue weighted by atomic mass is 16.2. The predicted octanol–water partition coefficient (Wildman–Crippen LogP) is 1.81. The first-order valence-electron chi connectivity index (χ1n) is 12.4. The number of nitrogens with one attached hydrogen (secondary N) is 4. The Morgan fingerprint density at radius 1 is 1.13 bits per heavy atom. The number of carbonyl (C=O) groups is 2. The number of anilines is 2. The van der Waals surface area contributed by atoms with Crippen LogP contribution in [0, 0.1) is 5.41 Å². The molecule has 0 atom stereocenters. The van der Waals surface area contributed by atoms with Crippen molar-refractivity contribution in [1.29, 1.82) is 5.41 Å². The summed E-state index contributed by atoms with van der Waals surface area (Å²) in [6, 6.07) is 11.9. The van der Waals surface area contributed by atoms with Crippen LogP contribution in [0.1, 0.15) is 48.2 Å². The number of amides is 2. The van der Waals surface area contributed by atoms with Gasteiger partial charge in [0.1, 0.15) is 12.4 Å². The molecule has 0 bridgehead atoms. The number of carbonyl (C=O) groups excluding carboxylic acids is 2. The maximum Gasteiger partial charge on any atom is 0.294 e. The molecule has 4 rings (SSSR count). The summed E-state index contributed by atoms with van der Waals surface area (Å²) < 4.78 is 1.34. The van der Waals surface area contributed by atoms with E-state index in [2.05, 4.69) is 20.9 Å². The van der Waals surface area contributed by atoms with E-state index < -0.39 is 5.56 Å². The van der Waals surface area contributed by atoms with Gasteiger partial charge in [-0.3, -0.25) is 24.4 Å². The van der Waals surface area contributed by atoms with Crippen molar-refractivity contribution in [2.24, 2.45) is 5.73 Å². The van der Waals surface area contributed by atoms with Crippen molar-refractivity contribution in [3.05, 3.63) is 75.7 Å². The Balaban J connectivity index is 1.62. The number of rotatable bonds is 10. The fourth-order valence-electron chi connectivity index (χ4n) is 3.87. The molecular formula is C27H32N8O3. The maximum absolute atomic E-state index is 13.4. The average Bonchev–Trinajstić information content (AvgIpc) is 3.69. The second kappa shape index (κ2) is 11.2. The van der Waals surface area contributed by atoms with Gasteiger partial charge in [-0.15, -0.1) is 0 Å². The minimum atomic E-state index is -0.439. The van der Waals surface area contributed by atoms with E-state index in [0.29, 0.717) is 28.1 Å². The third-order valence-corrected chi connectivity index (χ3v) is 5.96. The van der Waals surface area contributed by atoms with E-state index in [1.807, 2.05) is 13.8 Å². The van der Waals surface area contributed by atoms with Gasteiger partial charge in [0.15, 0.2) is 5.82 Å². The van der Waals surface area contributed by atoms with Gasteiger partial charge in [-0.25, -0.2) is 4.98 Å². The average molecular weight is 517 g/mol. The Kier molecular flexibility index (Phi) is 7.75. The molecular weight excluding hydrogens is 484 g/mol. The number of aromatic nitrogens is 2. The van der Waals surface area contributed by atoms with Crippen molar-refractivity contribution in [2.45, 2.75) is 51.9 Å². The second-order valence-corrected chi connectivity index (χ2v) is 9.66. The molecule has 0 saturated heterocycles. The Morgan fingerprint density at radius 3 is 2.47 bits per heavy atom. The monoisotopic (exact) mass is 516 g/mol. The summed E-state index contributed by atoms with van der Waals surface area (Å²) >= 11 is 0. The minimum absolute atomic E-state index is 0.0350. The van der Waals surface area contributed by atoms with Gasteiger partial charge in [0.05, 0.1) is 11.9 Å². The van der Waals surface area contributed by atoms with Crippen LogP contribution >= 0.6 is 0 Å². The van der Waals surface area contributed by atoms with Gasteiger partial charge in [0, 0.05) is 41.0 Å². The molecule has 0 spiro atoms. The van der Waals surface area contributed by atoms with E-state index in [9.17, 15) is 14.4 Å². The van der Waals surface area contributed by atoms with Gasteiger partial charge in [-0.2, -0.15) is 0 Å². The lowest BCUT2D eigenvalue weighted by Gasteiger charge is -2.16. The van der Waals surface area contributed by atoms with E-state index in [-0.39, 0.29) is 48.6 Å². The Morgan fingerprint density at radius 2 is 1.84 bits per heavy atom. The van der Waals surface area contributed by atoms with Crippen LogP contribution in [-0.4, -0.2) is 39.3 Å². The fraction of sp³-hybridized carbons (Fsp3) is 0.296. The fourth-order valence-corrected chi connectivity index (χ4v) is 3.87. The number of hydrogen-bond donors (Lipinski definition) is 6. The number of hydrogen-bond acceptors (Lipinski definition) is 7. The van der Waals surface area contributed by atoms with Crippen molar-refractivity contribution < 1.29 is 9.59 Å². The molecule has 1 aromatic heterocycles. The van der Waals surface area contributed by atoms with Crippen molar-refractivity contribution in [2.75, 3.05) is 11.1 Å². The predicted molar refractivity (Wildman–Crippen MR) is 147 cm³/mol. The molecule has 11 heteroatoms. The molecule has 0 unspecified atom stereocenters. The third-order valence-electron chi connectivity index (χ3n) is 5.96. The molecule has 38 heavy (non-hydrogen) atoms. The topological polar surface area (TPSA) is 181 Å². The molecule has 1 aliphatic rings. The summed E-state index contributed by atoms with van der Waals surface area (Å²) in [5.41, 5.74) is 14.1. The highest BCUT2D eigenvalue weighted by Gasteiger charge is 2.24. The van der Waals surface area contributed by atoms with Gasteiger partial charge in [-0.05, 0) is 50.5 Å². The van der Waals surface area contributed by atoms with Crippen molar-refractivity contribution in [1.82, 2.24) is 20.2 Å². The first-order chi connectivity index (χ1) is 18.1. The molecule has 198 valence electrons. The lowest BCUT2D eigenvalue weighted by molar-refractivity contribution is -0.121. The summed E-state index contributed by atoms with van der Waals surface area (Å²) in [6.07, 6.45) is 3.42. The molecule has 1 fully saturated rings. The van der Waals surface area contributed by atoms with E-state index in [1.54, 1.807) is 42.5 Å². The number of amidine groups is 1. The molecule has 0 radical (unpaired) electrons. The lowest BCUT2D eigenvalue weighted by Crippen LogP contribution is -2.34. The zero-order valence-corrected chi connectivity index (χ0v) is 21.4. The van der Waals surface area contributed by atoms with Crippen LogP contribution in [-0.2, 0) is 17.9 Å². The number of nitrogen functional groups attached to an aromatic ring is 2. The SMILES string of the molecule is CC(C)NC(=O)c1cc(N)cc(-c2cnc(NC3CC3)c(=O)n2CC(=O)NCc2ccc(C(=N)N)cc2)c1. The zero-order chi connectivity index (χ0) is 27.4. The lowest BCUT2D eigenvalue weighted by atomic mass is 10.1. The van der Waals surface area contributed by atoms with Gasteiger partial charge < -0.3 is 27.4 Å². The van der Waals surface area contributed by atoms with E-state index in [1.165, 1.54) is 10.8 Å². The highest BCUT2D eigenvalue weighted by molar-refractivity contribution is 5.97. The summed E-state index contributed by atoms with van der Waals surface area (Å²) in [5.74, 6) is -0.539. The Hall–Kier alpha value is -4.67. The van der Waals surface area contributed by atoms with E-state index in [0.717, 1.165) is 18.4 Å². The molecule has 0 aliphatic heterocycles. The smallest absolute Gasteiger partial charge is 0.294 e. The Bertz CT molecular complexity index is 1430. The molecule has 2 amide bonds. The van der Waals surface area contributed by atoms with Crippen LogP contribution < -0.4 is 33.0 Å². The first-order valence-corrected chi connectivity index (χ1v) is 12.4. The van der Waals surface area contributed by atoms with Gasteiger partial charge >= 0.3 is 0 Å². The Labute approximate surface area is 220 Å². The first kappa shape index (κ1) is 26.4. The van der Waals surface area contributed by atoms with Crippen LogP contribution in [0.15, 0.2) is 53.5 Å². The summed E-state index contributed by atoms with van der Waals surface area (Å²) in [6.45, 7) is 3.68. The van der Waals surface area contributed by atoms with Crippen LogP contribution in [0.3, 0.4) is 0 Å². The minimum Gasteiger partial charge on any atom is -0.399 e. The molecule has 3 aromatic rings. The van der Waals surface area contributed by atoms with Gasteiger partial charge in [0.2, 0.25) is 5.91 Å². The second-order valence-electron chi connectivity index (χ2n) is 9.66. The zero-order valence-electron chi connectivity index (χ0n) is 21.4. The van der Waals surface area contributed by atoms with Gasteiger partial charge in [-0.1, -0.05) is 24.3 Å². The highest BCUT2D eigenvalue weighted by Crippen LogP contribution is 2.25. The summed E-state index contributed by atoms with van der Waals surface area (Å²) in [4.78, 5) is 43.3. The van der Waals surface area contributed by atoms with Crippen LogP contribution in [0.5, 0.6) is 0 Å². The maximum atomic E-state index is 13.4. The quantitative estimate of drug-likeness (QED) is 0.135. The van der Waals surface area contributed by atoms with Crippen molar-refractivity contribution in [3.8, 4) is 11.3 Å². The van der Waals surface area contributed by atoms with Crippen molar-refractivity contribution >= 4 is 29.2 Å². The number of benzene rings is 2. The molecule has 8 N–H and O–H groups in total. The number of nitrogens with two attached hydrogens (primary N) is 2. The summed E-state index contributed by atoms with van der Waals surface area (Å²) in [7, 11) is 0. The number of nitrogens with zero attached hydrogens (tertiary/aromatic N) is 2. The molecule has 11 nitrogen and oxygen atoms in total. The molecule has 2 aromatic carbocycles. The van der Waals surface area contributed by atoms with Gasteiger partial charge in [0.25, 0.3) is 11.5 Å². The third kappa shape index (κ3) is 6.55. The standard InChI is InChI=1S/C27H32N8O3/c1-15(2)33-26(37)19-9-18(10-20(28)11-19)22-13-32-25(34-21-7-8-21)27(38)35(22)14-23(36)31-12-16-3-5-17(6-4-16)24(29)30/h3-6,9-11,13,15,21H,7-8,12,14,28H2,1-2H3,(H3,29,30)(H,31,36)(H,32,34)(H,33,37). The van der Waals surface area contributed by atoms with E-state index in [4.69, 9.17) is 16.9 Å². The normalized spacial score (nSPS) is 12.7. The van der Waals surface area contributed by atoms with Crippen molar-refractivity contribution in [3.63, 3.8) is 0 Å². The van der Waals surface area contributed by atoms with E-state index >= 15 is 0 Å². The molecule has 1 saturated carbocycles. The van der Waals surface area contributed by atoms with Crippen LogP contribution in [0.2, 0.25) is 0 Å². The molecule has 1 aliphatic carbocycles. The summed E-state index contributed by atoms with van der Waals surface area (Å²) in [5, 5.41) is 16.3. The molecule has 1 heterocycles. The van der Waals surface area contributed by atoms with Crippen LogP contribution in [0.25, 0.3) is 11.3 Å².